The average Bonchev–Trinajstić information content (AvgIpc) is 3.41. The lowest BCUT2D eigenvalue weighted by atomic mass is 9.44. The second-order valence-corrected chi connectivity index (χ2v) is 13.7. The van der Waals surface area contributed by atoms with Gasteiger partial charge in [0.2, 0.25) is 5.78 Å². The number of ketones is 2. The fraction of sp³-hybridized carbons (Fsp3) is 0.767. The molecule has 41 heavy (non-hydrogen) atoms. The smallest absolute Gasteiger partial charge is 0.409 e. The van der Waals surface area contributed by atoms with Crippen molar-refractivity contribution in [2.45, 2.75) is 88.8 Å². The maximum absolute atomic E-state index is 17.5. The predicted molar refractivity (Wildman–Crippen MR) is 149 cm³/mol. The highest BCUT2D eigenvalue weighted by atomic mass is 32.2. The lowest BCUT2D eigenvalue weighted by Crippen LogP contribution is -2.71. The standard InChI is InChI=1S/C30H41F2NO7S/c1-6-7-25-39-24-14-18-19-13-21(31)20-12-17(34)8-9-27(20,2)29(19,32)22(35)15-28(18,3)30(24,40-25)23(36)16-38-26(37)33(4)10-11-41-5/h8-9,12,18-19,21-22,24-25,35H,6-7,10-11,13-16H2,1-5H3/t18?,19-,21-,22-,24+,25?,27-,28-,29-,30+/m0/s1. The van der Waals surface area contributed by atoms with E-state index < -0.39 is 82.9 Å². The van der Waals surface area contributed by atoms with Crippen molar-refractivity contribution in [3.63, 3.8) is 0 Å². The van der Waals surface area contributed by atoms with E-state index >= 15 is 8.78 Å². The van der Waals surface area contributed by atoms with Gasteiger partial charge in [-0.2, -0.15) is 11.8 Å². The van der Waals surface area contributed by atoms with E-state index in [-0.39, 0.29) is 24.8 Å². The molecule has 5 aliphatic rings. The summed E-state index contributed by atoms with van der Waals surface area (Å²) >= 11 is 1.58. The van der Waals surface area contributed by atoms with E-state index in [1.54, 1.807) is 32.7 Å². The molecule has 10 atom stereocenters. The minimum Gasteiger partial charge on any atom is -0.441 e. The maximum atomic E-state index is 17.5. The number of hydrogen-bond acceptors (Lipinski definition) is 8. The number of fused-ring (bicyclic) bond motifs is 7. The van der Waals surface area contributed by atoms with Gasteiger partial charge in [0.15, 0.2) is 29.9 Å². The number of carbonyl (C=O) groups excluding carboxylic acids is 3. The molecule has 3 saturated carbocycles. The Bertz CT molecular complexity index is 1170. The van der Waals surface area contributed by atoms with E-state index in [9.17, 15) is 19.5 Å². The number of ether oxygens (including phenoxy) is 3. The molecular formula is C30H41F2NO7S. The lowest BCUT2D eigenvalue weighted by molar-refractivity contribution is -0.234. The van der Waals surface area contributed by atoms with Crippen LogP contribution in [0.15, 0.2) is 23.8 Å². The largest absolute Gasteiger partial charge is 0.441 e. The molecule has 1 N–H and O–H groups in total. The van der Waals surface area contributed by atoms with Crippen molar-refractivity contribution in [2.75, 3.05) is 32.2 Å². The molecule has 0 aromatic carbocycles. The van der Waals surface area contributed by atoms with Gasteiger partial charge in [0.05, 0.1) is 12.2 Å². The SMILES string of the molecule is CCCC1O[C@@H]2CC3[C@@H]4C[C@H](F)C5=CC(=O)C=C[C@]5(C)[C@@]4(F)[C@@H](O)C[C@]3(C)[C@]2(C(=O)COC(=O)N(C)CCSC)O1. The number of aliphatic hydroxyl groups excluding tert-OH is 1. The highest BCUT2D eigenvalue weighted by molar-refractivity contribution is 7.98. The number of aliphatic hydroxyl groups is 1. The quantitative estimate of drug-likeness (QED) is 0.445. The molecule has 0 aromatic heterocycles. The molecule has 11 heteroatoms. The van der Waals surface area contributed by atoms with Gasteiger partial charge in [0, 0.05) is 36.1 Å². The third kappa shape index (κ3) is 4.27. The number of amides is 1. The van der Waals surface area contributed by atoms with Crippen LogP contribution >= 0.6 is 11.8 Å². The number of halogens is 2. The molecule has 8 nitrogen and oxygen atoms in total. The van der Waals surface area contributed by atoms with E-state index in [1.165, 1.54) is 17.1 Å². The summed E-state index contributed by atoms with van der Waals surface area (Å²) in [6.45, 7) is 5.19. The van der Waals surface area contributed by atoms with Gasteiger partial charge in [0.1, 0.15) is 6.17 Å². The van der Waals surface area contributed by atoms with Crippen LogP contribution in [0.5, 0.6) is 0 Å². The molecule has 0 bridgehead atoms. The number of carbonyl (C=O) groups is 3. The van der Waals surface area contributed by atoms with Gasteiger partial charge in [-0.05, 0) is 62.5 Å². The molecule has 4 fully saturated rings. The summed E-state index contributed by atoms with van der Waals surface area (Å²) in [6.07, 6.45) is 1.57. The van der Waals surface area contributed by atoms with Gasteiger partial charge in [-0.25, -0.2) is 13.6 Å². The van der Waals surface area contributed by atoms with Gasteiger partial charge >= 0.3 is 6.09 Å². The zero-order chi connectivity index (χ0) is 30.0. The number of allylic oxidation sites excluding steroid dienone is 4. The summed E-state index contributed by atoms with van der Waals surface area (Å²) in [5.41, 5.74) is -6.48. The Labute approximate surface area is 244 Å². The van der Waals surface area contributed by atoms with Crippen molar-refractivity contribution < 1.29 is 42.5 Å². The summed E-state index contributed by atoms with van der Waals surface area (Å²) in [4.78, 5) is 40.2. The van der Waals surface area contributed by atoms with E-state index in [2.05, 4.69) is 0 Å². The number of Topliss-reactive ketones (excluding diaryl/α,β-unsaturated/α-hetero) is 1. The first-order valence-electron chi connectivity index (χ1n) is 14.5. The molecule has 0 radical (unpaired) electrons. The fourth-order valence-electron chi connectivity index (χ4n) is 8.55. The fourth-order valence-corrected chi connectivity index (χ4v) is 9.01. The van der Waals surface area contributed by atoms with Gasteiger partial charge in [-0.15, -0.1) is 0 Å². The zero-order valence-electron chi connectivity index (χ0n) is 24.4. The molecule has 1 amide bonds. The van der Waals surface area contributed by atoms with E-state index in [0.717, 1.165) is 12.5 Å². The first-order valence-corrected chi connectivity index (χ1v) is 15.9. The molecule has 1 aliphatic heterocycles. The first kappa shape index (κ1) is 30.6. The van der Waals surface area contributed by atoms with Crippen LogP contribution in [0.1, 0.15) is 52.9 Å². The molecule has 4 aliphatic carbocycles. The highest BCUT2D eigenvalue weighted by Crippen LogP contribution is 2.72. The Balaban J connectivity index is 1.50. The normalized spacial score (nSPS) is 44.4. The summed E-state index contributed by atoms with van der Waals surface area (Å²) in [6, 6.07) is 0. The van der Waals surface area contributed by atoms with Crippen LogP contribution in [0.25, 0.3) is 0 Å². The van der Waals surface area contributed by atoms with Crippen molar-refractivity contribution in [2.24, 2.45) is 22.7 Å². The maximum Gasteiger partial charge on any atom is 0.409 e. The van der Waals surface area contributed by atoms with E-state index in [0.29, 0.717) is 18.7 Å². The van der Waals surface area contributed by atoms with Crippen LogP contribution in [-0.2, 0) is 23.8 Å². The van der Waals surface area contributed by atoms with Crippen LogP contribution in [-0.4, -0.2) is 95.8 Å². The van der Waals surface area contributed by atoms with Crippen LogP contribution in [0.3, 0.4) is 0 Å². The molecule has 1 saturated heterocycles. The number of rotatable bonds is 8. The molecule has 1 heterocycles. The van der Waals surface area contributed by atoms with Crippen LogP contribution in [0.4, 0.5) is 13.6 Å². The van der Waals surface area contributed by atoms with Crippen LogP contribution in [0, 0.1) is 22.7 Å². The Morgan fingerprint density at radius 3 is 2.68 bits per heavy atom. The molecule has 5 rings (SSSR count). The monoisotopic (exact) mass is 597 g/mol. The molecule has 228 valence electrons. The Kier molecular flexibility index (Phi) is 8.01. The van der Waals surface area contributed by atoms with Crippen molar-refractivity contribution in [1.29, 1.82) is 0 Å². The predicted octanol–water partition coefficient (Wildman–Crippen LogP) is 4.20. The summed E-state index contributed by atoms with van der Waals surface area (Å²) < 4.78 is 51.4. The van der Waals surface area contributed by atoms with E-state index in [1.807, 2.05) is 13.2 Å². The first-order chi connectivity index (χ1) is 19.3. The minimum atomic E-state index is -2.28. The van der Waals surface area contributed by atoms with Crippen molar-refractivity contribution >= 4 is 29.4 Å². The van der Waals surface area contributed by atoms with Gasteiger partial charge in [-0.1, -0.05) is 26.3 Å². The van der Waals surface area contributed by atoms with Gasteiger partial charge in [-0.3, -0.25) is 9.59 Å². The highest BCUT2D eigenvalue weighted by Gasteiger charge is 2.80. The third-order valence-corrected chi connectivity index (χ3v) is 11.2. The summed E-state index contributed by atoms with van der Waals surface area (Å²) in [5, 5.41) is 11.6. The molecule has 2 unspecified atom stereocenters. The second-order valence-electron chi connectivity index (χ2n) is 12.7. The zero-order valence-corrected chi connectivity index (χ0v) is 25.2. The Morgan fingerprint density at radius 2 is 2.00 bits per heavy atom. The Hall–Kier alpha value is -1.82. The van der Waals surface area contributed by atoms with Crippen molar-refractivity contribution in [3.8, 4) is 0 Å². The second kappa shape index (κ2) is 10.7. The van der Waals surface area contributed by atoms with E-state index in [4.69, 9.17) is 14.2 Å². The lowest BCUT2D eigenvalue weighted by Gasteiger charge is -2.63. The summed E-state index contributed by atoms with van der Waals surface area (Å²) in [5.74, 6) is -1.75. The summed E-state index contributed by atoms with van der Waals surface area (Å²) in [7, 11) is 1.59. The molecule has 0 aromatic rings. The minimum absolute atomic E-state index is 0.0448. The average molecular weight is 598 g/mol. The van der Waals surface area contributed by atoms with Gasteiger partial charge < -0.3 is 24.2 Å². The van der Waals surface area contributed by atoms with Crippen molar-refractivity contribution in [1.82, 2.24) is 4.90 Å². The van der Waals surface area contributed by atoms with Crippen LogP contribution in [0.2, 0.25) is 0 Å². The number of nitrogens with zero attached hydrogens (tertiary/aromatic N) is 1. The number of hydrogen-bond donors (Lipinski definition) is 1. The topological polar surface area (TPSA) is 102 Å². The molecular weight excluding hydrogens is 556 g/mol. The Morgan fingerprint density at radius 1 is 1.27 bits per heavy atom. The van der Waals surface area contributed by atoms with Crippen molar-refractivity contribution in [3.05, 3.63) is 23.8 Å². The molecule has 0 spiro atoms. The van der Waals surface area contributed by atoms with Gasteiger partial charge in [0.25, 0.3) is 0 Å². The number of alkyl halides is 2. The van der Waals surface area contributed by atoms with Crippen LogP contribution < -0.4 is 0 Å². The number of thioether (sulfide) groups is 1. The third-order valence-electron chi connectivity index (χ3n) is 10.6.